The number of benzene rings is 3. The van der Waals surface area contributed by atoms with Crippen molar-refractivity contribution >= 4 is 16.6 Å². The summed E-state index contributed by atoms with van der Waals surface area (Å²) in [6.45, 7) is 0.908. The van der Waals surface area contributed by atoms with E-state index in [1.165, 1.54) is 33.4 Å². The highest BCUT2D eigenvalue weighted by Gasteiger charge is 2.12. The van der Waals surface area contributed by atoms with Gasteiger partial charge in [0.2, 0.25) is 0 Å². The molecule has 0 saturated heterocycles. The Bertz CT molecular complexity index is 924. The summed E-state index contributed by atoms with van der Waals surface area (Å²) in [6, 6.07) is 29.5. The first-order valence-corrected chi connectivity index (χ1v) is 8.36. The van der Waals surface area contributed by atoms with E-state index in [4.69, 9.17) is 0 Å². The Morgan fingerprint density at radius 2 is 1.38 bits per heavy atom. The van der Waals surface area contributed by atoms with Gasteiger partial charge in [0, 0.05) is 28.8 Å². The van der Waals surface area contributed by atoms with E-state index < -0.39 is 0 Å². The van der Waals surface area contributed by atoms with Crippen LogP contribution in [0.1, 0.15) is 5.56 Å². The standard InChI is InChI=1S/C22H20N2/c1-3-9-17(10-4-1)22-20(19-13-7-8-14-21(19)24-22)15-16-23-18-11-5-2-6-12-18/h1-14,23-24H,15-16H2. The van der Waals surface area contributed by atoms with E-state index >= 15 is 0 Å². The number of para-hydroxylation sites is 2. The molecule has 0 unspecified atom stereocenters. The lowest BCUT2D eigenvalue weighted by molar-refractivity contribution is 1.03. The Balaban J connectivity index is 1.65. The maximum atomic E-state index is 3.60. The summed E-state index contributed by atoms with van der Waals surface area (Å²) in [6.07, 6.45) is 0.975. The third-order valence-corrected chi connectivity index (χ3v) is 4.35. The third-order valence-electron chi connectivity index (χ3n) is 4.35. The topological polar surface area (TPSA) is 27.8 Å². The second kappa shape index (κ2) is 6.63. The number of anilines is 1. The maximum Gasteiger partial charge on any atom is 0.0498 e. The van der Waals surface area contributed by atoms with Crippen LogP contribution in [0.2, 0.25) is 0 Å². The molecule has 2 nitrogen and oxygen atoms in total. The molecule has 0 saturated carbocycles. The lowest BCUT2D eigenvalue weighted by Gasteiger charge is -2.08. The van der Waals surface area contributed by atoms with Crippen LogP contribution in [0.3, 0.4) is 0 Å². The van der Waals surface area contributed by atoms with Crippen molar-refractivity contribution in [3.05, 3.63) is 90.5 Å². The van der Waals surface area contributed by atoms with Crippen molar-refractivity contribution in [2.45, 2.75) is 6.42 Å². The molecule has 24 heavy (non-hydrogen) atoms. The number of fused-ring (bicyclic) bond motifs is 1. The minimum Gasteiger partial charge on any atom is -0.385 e. The molecule has 0 radical (unpaired) electrons. The molecule has 0 amide bonds. The molecule has 0 aliphatic carbocycles. The summed E-state index contributed by atoms with van der Waals surface area (Å²) < 4.78 is 0. The van der Waals surface area contributed by atoms with Crippen LogP contribution < -0.4 is 5.32 Å². The number of aromatic amines is 1. The molecular formula is C22H20N2. The van der Waals surface area contributed by atoms with E-state index in [2.05, 4.69) is 89.2 Å². The fraction of sp³-hybridized carbons (Fsp3) is 0.0909. The first-order valence-electron chi connectivity index (χ1n) is 8.36. The van der Waals surface area contributed by atoms with Gasteiger partial charge in [-0.3, -0.25) is 0 Å². The van der Waals surface area contributed by atoms with Crippen LogP contribution in [0.15, 0.2) is 84.9 Å². The predicted octanol–water partition coefficient (Wildman–Crippen LogP) is 5.49. The summed E-state index contributed by atoms with van der Waals surface area (Å²) in [7, 11) is 0. The zero-order valence-electron chi connectivity index (χ0n) is 13.5. The number of H-pyrrole nitrogens is 1. The molecule has 3 aromatic carbocycles. The third kappa shape index (κ3) is 2.91. The van der Waals surface area contributed by atoms with Gasteiger partial charge in [-0.25, -0.2) is 0 Å². The van der Waals surface area contributed by atoms with Gasteiger partial charge in [0.15, 0.2) is 0 Å². The lowest BCUT2D eigenvalue weighted by atomic mass is 10.0. The number of aromatic nitrogens is 1. The van der Waals surface area contributed by atoms with Crippen LogP contribution in [0.4, 0.5) is 5.69 Å². The SMILES string of the molecule is c1ccc(NCCc2c(-c3ccccc3)[nH]c3ccccc23)cc1. The van der Waals surface area contributed by atoms with Crippen LogP contribution in [0.5, 0.6) is 0 Å². The van der Waals surface area contributed by atoms with Crippen molar-refractivity contribution < 1.29 is 0 Å². The molecule has 0 bridgehead atoms. The first-order chi connectivity index (χ1) is 11.9. The van der Waals surface area contributed by atoms with Gasteiger partial charge >= 0.3 is 0 Å². The fourth-order valence-electron chi connectivity index (χ4n) is 3.20. The van der Waals surface area contributed by atoms with E-state index in [1.54, 1.807) is 0 Å². The molecule has 1 aromatic heterocycles. The molecule has 2 N–H and O–H groups in total. The number of rotatable bonds is 5. The largest absolute Gasteiger partial charge is 0.385 e. The minimum absolute atomic E-state index is 0.908. The van der Waals surface area contributed by atoms with Crippen LogP contribution >= 0.6 is 0 Å². The average molecular weight is 312 g/mol. The van der Waals surface area contributed by atoms with Crippen molar-refractivity contribution in [2.24, 2.45) is 0 Å². The van der Waals surface area contributed by atoms with E-state index in [1.807, 2.05) is 6.07 Å². The zero-order valence-corrected chi connectivity index (χ0v) is 13.5. The molecule has 4 rings (SSSR count). The van der Waals surface area contributed by atoms with Gasteiger partial charge in [-0.05, 0) is 35.7 Å². The van der Waals surface area contributed by atoms with E-state index in [0.29, 0.717) is 0 Å². The van der Waals surface area contributed by atoms with Crippen LogP contribution in [-0.4, -0.2) is 11.5 Å². The Hall–Kier alpha value is -3.00. The van der Waals surface area contributed by atoms with Gasteiger partial charge < -0.3 is 10.3 Å². The van der Waals surface area contributed by atoms with Gasteiger partial charge in [0.1, 0.15) is 0 Å². The summed E-state index contributed by atoms with van der Waals surface area (Å²) in [5.74, 6) is 0. The molecular weight excluding hydrogens is 292 g/mol. The quantitative estimate of drug-likeness (QED) is 0.501. The monoisotopic (exact) mass is 312 g/mol. The molecule has 0 fully saturated rings. The Morgan fingerprint density at radius 1 is 0.708 bits per heavy atom. The fourth-order valence-corrected chi connectivity index (χ4v) is 3.20. The van der Waals surface area contributed by atoms with E-state index in [9.17, 15) is 0 Å². The van der Waals surface area contributed by atoms with Crippen LogP contribution in [0, 0.1) is 0 Å². The molecule has 2 heteroatoms. The lowest BCUT2D eigenvalue weighted by Crippen LogP contribution is -2.05. The predicted molar refractivity (Wildman–Crippen MR) is 102 cm³/mol. The summed E-state index contributed by atoms with van der Waals surface area (Å²) in [4.78, 5) is 3.60. The molecule has 1 heterocycles. The van der Waals surface area contributed by atoms with Gasteiger partial charge in [0.05, 0.1) is 0 Å². The van der Waals surface area contributed by atoms with Crippen molar-refractivity contribution in [1.29, 1.82) is 0 Å². The molecule has 0 atom stereocenters. The maximum absolute atomic E-state index is 3.60. The Kier molecular flexibility index (Phi) is 4.03. The highest BCUT2D eigenvalue weighted by molar-refractivity contribution is 5.90. The van der Waals surface area contributed by atoms with Gasteiger partial charge in [0.25, 0.3) is 0 Å². The second-order valence-corrected chi connectivity index (χ2v) is 5.93. The molecule has 4 aromatic rings. The van der Waals surface area contributed by atoms with Gasteiger partial charge in [-0.1, -0.05) is 66.7 Å². The molecule has 0 spiro atoms. The van der Waals surface area contributed by atoms with Crippen molar-refractivity contribution in [2.75, 3.05) is 11.9 Å². The minimum atomic E-state index is 0.908. The van der Waals surface area contributed by atoms with Crippen LogP contribution in [-0.2, 0) is 6.42 Å². The molecule has 0 aliphatic rings. The highest BCUT2D eigenvalue weighted by Crippen LogP contribution is 2.30. The second-order valence-electron chi connectivity index (χ2n) is 5.93. The van der Waals surface area contributed by atoms with Gasteiger partial charge in [-0.2, -0.15) is 0 Å². The normalized spacial score (nSPS) is 10.8. The smallest absolute Gasteiger partial charge is 0.0498 e. The van der Waals surface area contributed by atoms with E-state index in [0.717, 1.165) is 13.0 Å². The first kappa shape index (κ1) is 14.6. The Labute approximate surface area is 142 Å². The number of nitrogens with one attached hydrogen (secondary N) is 2. The summed E-state index contributed by atoms with van der Waals surface area (Å²) in [5, 5.41) is 4.82. The van der Waals surface area contributed by atoms with E-state index in [-0.39, 0.29) is 0 Å². The summed E-state index contributed by atoms with van der Waals surface area (Å²) in [5.41, 5.74) is 6.21. The molecule has 118 valence electrons. The van der Waals surface area contributed by atoms with Crippen LogP contribution in [0.25, 0.3) is 22.2 Å². The zero-order chi connectivity index (χ0) is 16.2. The Morgan fingerprint density at radius 3 is 2.17 bits per heavy atom. The van der Waals surface area contributed by atoms with Crippen molar-refractivity contribution in [3.63, 3.8) is 0 Å². The average Bonchev–Trinajstić information content (AvgIpc) is 3.02. The number of hydrogen-bond donors (Lipinski definition) is 2. The summed E-state index contributed by atoms with van der Waals surface area (Å²) >= 11 is 0. The molecule has 0 aliphatic heterocycles. The number of hydrogen-bond acceptors (Lipinski definition) is 1. The highest BCUT2D eigenvalue weighted by atomic mass is 14.9. The van der Waals surface area contributed by atoms with Crippen molar-refractivity contribution in [3.8, 4) is 11.3 Å². The van der Waals surface area contributed by atoms with Gasteiger partial charge in [-0.15, -0.1) is 0 Å². The van der Waals surface area contributed by atoms with Crippen molar-refractivity contribution in [1.82, 2.24) is 4.98 Å².